The van der Waals surface area contributed by atoms with Crippen molar-refractivity contribution in [2.45, 2.75) is 19.3 Å². The molecule has 5 heteroatoms. The molecule has 2 aromatic rings. The van der Waals surface area contributed by atoms with Gasteiger partial charge in [-0.25, -0.2) is 0 Å². The summed E-state index contributed by atoms with van der Waals surface area (Å²) in [5.41, 5.74) is 2.65. The van der Waals surface area contributed by atoms with Crippen LogP contribution < -0.4 is 4.90 Å². The zero-order valence-corrected chi connectivity index (χ0v) is 16.6. The molecule has 144 valence electrons. The van der Waals surface area contributed by atoms with Crippen molar-refractivity contribution in [2.24, 2.45) is 9.98 Å². The summed E-state index contributed by atoms with van der Waals surface area (Å²) < 4.78 is 0. The first-order chi connectivity index (χ1) is 12.9. The lowest BCUT2D eigenvalue weighted by atomic mass is 10.1. The van der Waals surface area contributed by atoms with Crippen LogP contribution in [0.15, 0.2) is 70.6 Å². The molecule has 0 bridgehead atoms. The molecule has 0 unspecified atom stereocenters. The van der Waals surface area contributed by atoms with E-state index in [4.69, 9.17) is 0 Å². The van der Waals surface area contributed by atoms with E-state index in [2.05, 4.69) is 74.4 Å². The topological polar surface area (TPSA) is 31.2 Å². The minimum Gasteiger partial charge on any atom is -0.363 e. The van der Waals surface area contributed by atoms with E-state index >= 15 is 0 Å². The zero-order valence-electron chi connectivity index (χ0n) is 15.8. The molecule has 0 spiro atoms. The van der Waals surface area contributed by atoms with Crippen molar-refractivity contribution in [3.8, 4) is 0 Å². The Labute approximate surface area is 169 Å². The van der Waals surface area contributed by atoms with Crippen LogP contribution in [0.4, 0.5) is 5.69 Å². The minimum atomic E-state index is 0. The van der Waals surface area contributed by atoms with Gasteiger partial charge in [0.15, 0.2) is 0 Å². The van der Waals surface area contributed by atoms with E-state index in [1.54, 1.807) is 0 Å². The number of halogens is 1. The fourth-order valence-corrected chi connectivity index (χ4v) is 3.04. The van der Waals surface area contributed by atoms with Gasteiger partial charge < -0.3 is 9.80 Å². The molecule has 2 heterocycles. The molecule has 0 N–H and O–H groups in total. The van der Waals surface area contributed by atoms with Crippen LogP contribution in [0.3, 0.4) is 0 Å². The SMILES string of the molecule is C1=NCCCN1CCc1ccccc1.C1=NCCCN1c1ccccc1.Cl. The highest BCUT2D eigenvalue weighted by Crippen LogP contribution is 2.13. The summed E-state index contributed by atoms with van der Waals surface area (Å²) in [5.74, 6) is 0. The molecule has 0 atom stereocenters. The summed E-state index contributed by atoms with van der Waals surface area (Å²) in [5, 5.41) is 0. The summed E-state index contributed by atoms with van der Waals surface area (Å²) in [7, 11) is 0. The smallest absolute Gasteiger partial charge is 0.0894 e. The van der Waals surface area contributed by atoms with Crippen LogP contribution in [-0.2, 0) is 6.42 Å². The fraction of sp³-hybridized carbons (Fsp3) is 0.364. The molecular formula is C22H29ClN4. The molecule has 2 aliphatic heterocycles. The number of hydrogen-bond acceptors (Lipinski definition) is 4. The number of rotatable bonds is 4. The van der Waals surface area contributed by atoms with Crippen molar-refractivity contribution < 1.29 is 0 Å². The number of nitrogens with zero attached hydrogens (tertiary/aromatic N) is 4. The predicted octanol–water partition coefficient (Wildman–Crippen LogP) is 4.31. The maximum atomic E-state index is 4.27. The molecule has 2 aromatic carbocycles. The van der Waals surface area contributed by atoms with E-state index in [0.29, 0.717) is 0 Å². The molecular weight excluding hydrogens is 356 g/mol. The van der Waals surface area contributed by atoms with E-state index in [-0.39, 0.29) is 12.4 Å². The van der Waals surface area contributed by atoms with Gasteiger partial charge in [0.05, 0.1) is 12.7 Å². The summed E-state index contributed by atoms with van der Waals surface area (Å²) in [4.78, 5) is 13.0. The third-order valence-electron chi connectivity index (χ3n) is 4.50. The molecule has 0 fully saturated rings. The zero-order chi connectivity index (χ0) is 17.9. The highest BCUT2D eigenvalue weighted by atomic mass is 35.5. The summed E-state index contributed by atoms with van der Waals surface area (Å²) in [6, 6.07) is 21.0. The molecule has 0 saturated heterocycles. The highest BCUT2D eigenvalue weighted by Gasteiger charge is 2.05. The largest absolute Gasteiger partial charge is 0.363 e. The first-order valence-corrected chi connectivity index (χ1v) is 9.51. The van der Waals surface area contributed by atoms with Crippen LogP contribution in [-0.4, -0.2) is 50.3 Å². The second kappa shape index (κ2) is 12.1. The first-order valence-electron chi connectivity index (χ1n) is 9.51. The van der Waals surface area contributed by atoms with Crippen molar-refractivity contribution >= 4 is 30.8 Å². The Morgan fingerprint density at radius 3 is 1.96 bits per heavy atom. The molecule has 0 saturated carbocycles. The van der Waals surface area contributed by atoms with Crippen LogP contribution in [0.1, 0.15) is 18.4 Å². The first kappa shape index (κ1) is 21.0. The molecule has 4 rings (SSSR count). The van der Waals surface area contributed by atoms with E-state index in [0.717, 1.165) is 45.6 Å². The van der Waals surface area contributed by atoms with Crippen molar-refractivity contribution in [1.29, 1.82) is 0 Å². The average molecular weight is 385 g/mol. The second-order valence-electron chi connectivity index (χ2n) is 6.55. The van der Waals surface area contributed by atoms with Gasteiger partial charge in [0.2, 0.25) is 0 Å². The van der Waals surface area contributed by atoms with Crippen LogP contribution in [0.25, 0.3) is 0 Å². The standard InChI is InChI=1S/C12H16N2.C10H12N2.ClH/c1-2-5-12(6-3-1)7-10-14-9-4-8-13-11-14;1-2-5-10(6-3-1)12-8-4-7-11-9-12;/h1-3,5-6,11H,4,7-10H2;1-3,5-6,9H,4,7-8H2;1H. The Bertz CT molecular complexity index is 688. The molecule has 2 aliphatic rings. The molecule has 4 nitrogen and oxygen atoms in total. The van der Waals surface area contributed by atoms with Crippen LogP contribution in [0, 0.1) is 0 Å². The molecule has 0 aromatic heterocycles. The predicted molar refractivity (Wildman–Crippen MR) is 119 cm³/mol. The molecule has 0 aliphatic carbocycles. The lowest BCUT2D eigenvalue weighted by molar-refractivity contribution is 0.411. The summed E-state index contributed by atoms with van der Waals surface area (Å²) in [6.07, 6.45) is 7.40. The number of benzene rings is 2. The maximum Gasteiger partial charge on any atom is 0.0894 e. The number of hydrogen-bond donors (Lipinski definition) is 0. The van der Waals surface area contributed by atoms with Crippen LogP contribution in [0.2, 0.25) is 0 Å². The maximum absolute atomic E-state index is 4.27. The van der Waals surface area contributed by atoms with Crippen molar-refractivity contribution in [3.05, 3.63) is 66.2 Å². The Kier molecular flexibility index (Phi) is 9.42. The highest BCUT2D eigenvalue weighted by molar-refractivity contribution is 5.85. The van der Waals surface area contributed by atoms with Gasteiger partial charge in [0, 0.05) is 38.4 Å². The molecule has 0 amide bonds. The van der Waals surface area contributed by atoms with Gasteiger partial charge in [0.25, 0.3) is 0 Å². The number of aliphatic imine (C=N–C) groups is 2. The Hall–Kier alpha value is -2.33. The van der Waals surface area contributed by atoms with E-state index in [9.17, 15) is 0 Å². The lowest BCUT2D eigenvalue weighted by Gasteiger charge is -2.22. The third kappa shape index (κ3) is 7.43. The second-order valence-corrected chi connectivity index (χ2v) is 6.55. The van der Waals surface area contributed by atoms with Crippen LogP contribution >= 0.6 is 12.4 Å². The minimum absolute atomic E-state index is 0. The van der Waals surface area contributed by atoms with Gasteiger partial charge in [-0.05, 0) is 37.0 Å². The van der Waals surface area contributed by atoms with Gasteiger partial charge in [-0.1, -0.05) is 48.5 Å². The third-order valence-corrected chi connectivity index (χ3v) is 4.50. The van der Waals surface area contributed by atoms with Gasteiger partial charge in [-0.2, -0.15) is 0 Å². The number of anilines is 1. The average Bonchev–Trinajstić information content (AvgIpc) is 2.75. The number of para-hydroxylation sites is 1. The summed E-state index contributed by atoms with van der Waals surface area (Å²) in [6.45, 7) is 5.32. The summed E-state index contributed by atoms with van der Waals surface area (Å²) >= 11 is 0. The van der Waals surface area contributed by atoms with Gasteiger partial charge in [0.1, 0.15) is 0 Å². The van der Waals surface area contributed by atoms with Crippen molar-refractivity contribution in [1.82, 2.24) is 4.90 Å². The fourth-order valence-electron chi connectivity index (χ4n) is 3.04. The quantitative estimate of drug-likeness (QED) is 0.786. The normalized spacial score (nSPS) is 15.6. The van der Waals surface area contributed by atoms with Crippen LogP contribution in [0.5, 0.6) is 0 Å². The monoisotopic (exact) mass is 384 g/mol. The Balaban J connectivity index is 0.000000189. The van der Waals surface area contributed by atoms with E-state index in [1.165, 1.54) is 17.7 Å². The molecule has 0 radical (unpaired) electrons. The Morgan fingerprint density at radius 2 is 1.37 bits per heavy atom. The van der Waals surface area contributed by atoms with Crippen molar-refractivity contribution in [3.63, 3.8) is 0 Å². The van der Waals surface area contributed by atoms with E-state index < -0.39 is 0 Å². The van der Waals surface area contributed by atoms with Gasteiger partial charge in [-0.15, -0.1) is 12.4 Å². The van der Waals surface area contributed by atoms with Gasteiger partial charge in [-0.3, -0.25) is 9.98 Å². The Morgan fingerprint density at radius 1 is 0.741 bits per heavy atom. The van der Waals surface area contributed by atoms with Crippen molar-refractivity contribution in [2.75, 3.05) is 37.6 Å². The lowest BCUT2D eigenvalue weighted by Crippen LogP contribution is -2.29. The van der Waals surface area contributed by atoms with E-state index in [1.807, 2.05) is 18.7 Å². The molecule has 27 heavy (non-hydrogen) atoms. The van der Waals surface area contributed by atoms with Gasteiger partial charge >= 0.3 is 0 Å².